The molecule has 1 amide bonds. The van der Waals surface area contributed by atoms with E-state index in [1.807, 2.05) is 36.7 Å². The van der Waals surface area contributed by atoms with Crippen LogP contribution in [0.2, 0.25) is 0 Å². The first-order valence-corrected chi connectivity index (χ1v) is 13.6. The lowest BCUT2D eigenvalue weighted by Gasteiger charge is -2.13. The van der Waals surface area contributed by atoms with Crippen LogP contribution in [0.25, 0.3) is 11.4 Å². The molecule has 5 nitrogen and oxygen atoms in total. The number of nitrogens with zero attached hydrogens (tertiary/aromatic N) is 3. The standard InChI is InChI=1S/C29H43N3O2/c1-3-5-7-9-10-11-12-13-15-24-21-30-28(31-22-24)25-17-19-26(20-18-25)32-23-27(34-29(32)33)16-14-8-6-4-2/h17-22,27H,3-16,23H2,1-2H3. The Morgan fingerprint density at radius 3 is 2.06 bits per heavy atom. The molecule has 0 radical (unpaired) electrons. The number of aromatic nitrogens is 2. The smallest absolute Gasteiger partial charge is 0.414 e. The van der Waals surface area contributed by atoms with Gasteiger partial charge in [0.25, 0.3) is 0 Å². The molecule has 34 heavy (non-hydrogen) atoms. The van der Waals surface area contributed by atoms with Gasteiger partial charge in [-0.1, -0.05) is 78.1 Å². The Labute approximate surface area is 206 Å². The third kappa shape index (κ3) is 8.41. The summed E-state index contributed by atoms with van der Waals surface area (Å²) in [4.78, 5) is 23.2. The highest BCUT2D eigenvalue weighted by molar-refractivity contribution is 5.90. The molecule has 0 saturated carbocycles. The van der Waals surface area contributed by atoms with Gasteiger partial charge in [-0.3, -0.25) is 4.90 Å². The lowest BCUT2D eigenvalue weighted by molar-refractivity contribution is 0.135. The molecule has 3 rings (SSSR count). The normalized spacial score (nSPS) is 15.6. The zero-order chi connectivity index (χ0) is 24.0. The van der Waals surface area contributed by atoms with Crippen LogP contribution in [0.15, 0.2) is 36.7 Å². The summed E-state index contributed by atoms with van der Waals surface area (Å²) in [6.07, 6.45) is 21.1. The molecule has 2 heterocycles. The van der Waals surface area contributed by atoms with E-state index in [0.717, 1.165) is 36.3 Å². The number of hydrogen-bond donors (Lipinski definition) is 0. The first-order chi connectivity index (χ1) is 16.7. The molecule has 1 aromatic heterocycles. The van der Waals surface area contributed by atoms with Crippen LogP contribution in [-0.2, 0) is 11.2 Å². The maximum atomic E-state index is 12.3. The lowest BCUT2D eigenvalue weighted by Crippen LogP contribution is -2.24. The zero-order valence-electron chi connectivity index (χ0n) is 21.3. The summed E-state index contributed by atoms with van der Waals surface area (Å²) in [5, 5.41) is 0. The number of amides is 1. The third-order valence-electron chi connectivity index (χ3n) is 6.72. The maximum absolute atomic E-state index is 12.3. The van der Waals surface area contributed by atoms with Gasteiger partial charge in [0.1, 0.15) is 6.10 Å². The van der Waals surface area contributed by atoms with Crippen molar-refractivity contribution in [3.8, 4) is 11.4 Å². The molecule has 2 aromatic rings. The highest BCUT2D eigenvalue weighted by atomic mass is 16.6. The molecule has 1 saturated heterocycles. The van der Waals surface area contributed by atoms with Crippen LogP contribution in [-0.4, -0.2) is 28.7 Å². The van der Waals surface area contributed by atoms with Gasteiger partial charge < -0.3 is 4.74 Å². The molecule has 1 unspecified atom stereocenters. The summed E-state index contributed by atoms with van der Waals surface area (Å²) < 4.78 is 5.57. The molecule has 0 bridgehead atoms. The van der Waals surface area contributed by atoms with E-state index in [1.54, 1.807) is 4.90 Å². The van der Waals surface area contributed by atoms with Crippen LogP contribution in [0.1, 0.15) is 103 Å². The first-order valence-electron chi connectivity index (χ1n) is 13.6. The average molecular weight is 466 g/mol. The number of unbranched alkanes of at least 4 members (excludes halogenated alkanes) is 10. The van der Waals surface area contributed by atoms with Crippen LogP contribution >= 0.6 is 0 Å². The maximum Gasteiger partial charge on any atom is 0.414 e. The number of cyclic esters (lactones) is 1. The van der Waals surface area contributed by atoms with Crippen LogP contribution in [0.5, 0.6) is 0 Å². The van der Waals surface area contributed by atoms with Crippen LogP contribution in [0.3, 0.4) is 0 Å². The molecule has 5 heteroatoms. The van der Waals surface area contributed by atoms with E-state index >= 15 is 0 Å². The van der Waals surface area contributed by atoms with Gasteiger partial charge in [-0.15, -0.1) is 0 Å². The SMILES string of the molecule is CCCCCCCCCCc1cnc(-c2ccc(N3CC(CCCCCC)OC3=O)cc2)nc1. The predicted molar refractivity (Wildman–Crippen MR) is 140 cm³/mol. The largest absolute Gasteiger partial charge is 0.444 e. The summed E-state index contributed by atoms with van der Waals surface area (Å²) in [5.74, 6) is 0.726. The molecule has 0 spiro atoms. The lowest BCUT2D eigenvalue weighted by atomic mass is 10.1. The van der Waals surface area contributed by atoms with E-state index in [4.69, 9.17) is 4.74 Å². The van der Waals surface area contributed by atoms with Crippen molar-refractivity contribution in [3.05, 3.63) is 42.2 Å². The highest BCUT2D eigenvalue weighted by Gasteiger charge is 2.31. The van der Waals surface area contributed by atoms with Gasteiger partial charge in [0.2, 0.25) is 0 Å². The fourth-order valence-electron chi connectivity index (χ4n) is 4.57. The number of carbonyl (C=O) groups excluding carboxylic acids is 1. The molecule has 1 atom stereocenters. The van der Waals surface area contributed by atoms with Crippen LogP contribution in [0, 0.1) is 0 Å². The second-order valence-electron chi connectivity index (χ2n) is 9.65. The topological polar surface area (TPSA) is 55.3 Å². The Kier molecular flexibility index (Phi) is 11.4. The number of benzene rings is 1. The van der Waals surface area contributed by atoms with E-state index in [2.05, 4.69) is 23.8 Å². The Bertz CT molecular complexity index is 835. The molecular weight excluding hydrogens is 422 g/mol. The molecule has 1 aromatic carbocycles. The Hall–Kier alpha value is -2.43. The molecular formula is C29H43N3O2. The van der Waals surface area contributed by atoms with Gasteiger partial charge in [0.05, 0.1) is 6.54 Å². The minimum atomic E-state index is -0.241. The summed E-state index contributed by atoms with van der Waals surface area (Å²) in [5.41, 5.74) is 3.04. The Morgan fingerprint density at radius 1 is 0.824 bits per heavy atom. The van der Waals surface area contributed by atoms with Crippen LogP contribution in [0.4, 0.5) is 10.5 Å². The average Bonchev–Trinajstić information content (AvgIpc) is 3.24. The number of carbonyl (C=O) groups is 1. The van der Waals surface area contributed by atoms with Gasteiger partial charge in [-0.05, 0) is 55.5 Å². The van der Waals surface area contributed by atoms with Crippen molar-refractivity contribution in [3.63, 3.8) is 0 Å². The van der Waals surface area contributed by atoms with Crippen molar-refractivity contribution in [2.24, 2.45) is 0 Å². The van der Waals surface area contributed by atoms with Gasteiger partial charge in [0, 0.05) is 23.6 Å². The molecule has 0 aliphatic carbocycles. The minimum absolute atomic E-state index is 0.000897. The van der Waals surface area contributed by atoms with E-state index in [9.17, 15) is 4.79 Å². The predicted octanol–water partition coefficient (Wildman–Crippen LogP) is 8.12. The fraction of sp³-hybridized carbons (Fsp3) is 0.621. The van der Waals surface area contributed by atoms with Crippen molar-refractivity contribution < 1.29 is 9.53 Å². The minimum Gasteiger partial charge on any atom is -0.444 e. The Morgan fingerprint density at radius 2 is 1.41 bits per heavy atom. The van der Waals surface area contributed by atoms with Gasteiger partial charge in [0.15, 0.2) is 5.82 Å². The molecule has 1 aliphatic rings. The first kappa shape index (κ1) is 26.2. The number of anilines is 1. The molecule has 1 fully saturated rings. The van der Waals surface area contributed by atoms with Crippen molar-refractivity contribution in [1.82, 2.24) is 9.97 Å². The van der Waals surface area contributed by atoms with Gasteiger partial charge >= 0.3 is 6.09 Å². The van der Waals surface area contributed by atoms with Crippen LogP contribution < -0.4 is 4.90 Å². The monoisotopic (exact) mass is 465 g/mol. The number of hydrogen-bond acceptors (Lipinski definition) is 4. The Balaban J connectivity index is 1.42. The third-order valence-corrected chi connectivity index (χ3v) is 6.72. The van der Waals surface area contributed by atoms with E-state index in [1.165, 1.54) is 76.2 Å². The number of aryl methyl sites for hydroxylation is 1. The second-order valence-corrected chi connectivity index (χ2v) is 9.65. The van der Waals surface area contributed by atoms with Gasteiger partial charge in [-0.2, -0.15) is 0 Å². The fourth-order valence-corrected chi connectivity index (χ4v) is 4.57. The van der Waals surface area contributed by atoms with E-state index < -0.39 is 0 Å². The second kappa shape index (κ2) is 14.7. The van der Waals surface area contributed by atoms with Crippen molar-refractivity contribution >= 4 is 11.8 Å². The summed E-state index contributed by atoms with van der Waals surface area (Å²) >= 11 is 0. The molecule has 186 valence electrons. The highest BCUT2D eigenvalue weighted by Crippen LogP contribution is 2.26. The summed E-state index contributed by atoms with van der Waals surface area (Å²) in [6.45, 7) is 5.10. The van der Waals surface area contributed by atoms with E-state index in [0.29, 0.717) is 6.54 Å². The van der Waals surface area contributed by atoms with E-state index in [-0.39, 0.29) is 12.2 Å². The molecule has 0 N–H and O–H groups in total. The van der Waals surface area contributed by atoms with Crippen molar-refractivity contribution in [1.29, 1.82) is 0 Å². The van der Waals surface area contributed by atoms with Gasteiger partial charge in [-0.25, -0.2) is 14.8 Å². The summed E-state index contributed by atoms with van der Waals surface area (Å²) in [6, 6.07) is 7.91. The number of rotatable bonds is 16. The number of ether oxygens (including phenoxy) is 1. The zero-order valence-corrected chi connectivity index (χ0v) is 21.3. The summed E-state index contributed by atoms with van der Waals surface area (Å²) in [7, 11) is 0. The van der Waals surface area contributed by atoms with Crippen molar-refractivity contribution in [2.45, 2.75) is 110 Å². The molecule has 1 aliphatic heterocycles. The quantitative estimate of drug-likeness (QED) is 0.235. The van der Waals surface area contributed by atoms with Crippen molar-refractivity contribution in [2.75, 3.05) is 11.4 Å².